The topological polar surface area (TPSA) is 72.9 Å². The van der Waals surface area contributed by atoms with Gasteiger partial charge in [-0.25, -0.2) is 9.78 Å². The Balaban J connectivity index is 1.56. The van der Waals surface area contributed by atoms with Gasteiger partial charge in [0.1, 0.15) is 11.5 Å². The van der Waals surface area contributed by atoms with Gasteiger partial charge in [-0.3, -0.25) is 0 Å². The minimum absolute atomic E-state index is 0.0854. The number of aromatic nitrogens is 1. The van der Waals surface area contributed by atoms with Crippen LogP contribution >= 0.6 is 0 Å². The number of carbonyl (C=O) groups is 1. The van der Waals surface area contributed by atoms with E-state index in [2.05, 4.69) is 10.3 Å². The summed E-state index contributed by atoms with van der Waals surface area (Å²) in [5.74, 6) is 1.91. The molecular formula is C18H21N3O4. The Bertz CT molecular complexity index is 700. The lowest BCUT2D eigenvalue weighted by Crippen LogP contribution is -2.45. The normalized spacial score (nSPS) is 14.0. The van der Waals surface area contributed by atoms with Crippen LogP contribution in [0.4, 0.5) is 4.79 Å². The van der Waals surface area contributed by atoms with E-state index in [4.69, 9.17) is 14.2 Å². The molecule has 0 spiro atoms. The second-order valence-electron chi connectivity index (χ2n) is 5.54. The highest BCUT2D eigenvalue weighted by Gasteiger charge is 2.16. The van der Waals surface area contributed by atoms with Crippen molar-refractivity contribution in [1.82, 2.24) is 15.2 Å². The second kappa shape index (κ2) is 8.34. The van der Waals surface area contributed by atoms with E-state index in [1.165, 1.54) is 0 Å². The van der Waals surface area contributed by atoms with Crippen LogP contribution in [-0.2, 0) is 11.3 Å². The molecule has 1 aromatic heterocycles. The number of ether oxygens (including phenoxy) is 3. The maximum Gasteiger partial charge on any atom is 0.317 e. The Kier molecular flexibility index (Phi) is 5.69. The summed E-state index contributed by atoms with van der Waals surface area (Å²) < 4.78 is 16.1. The minimum atomic E-state index is -0.0854. The van der Waals surface area contributed by atoms with Crippen molar-refractivity contribution in [3.8, 4) is 17.4 Å². The molecule has 0 unspecified atom stereocenters. The summed E-state index contributed by atoms with van der Waals surface area (Å²) >= 11 is 0. The molecule has 1 aliphatic heterocycles. The molecular weight excluding hydrogens is 322 g/mol. The molecule has 0 saturated carbocycles. The maximum absolute atomic E-state index is 12.1. The van der Waals surface area contributed by atoms with Crippen LogP contribution in [0.5, 0.6) is 17.4 Å². The summed E-state index contributed by atoms with van der Waals surface area (Å²) in [5.41, 5.74) is 0.917. The van der Waals surface area contributed by atoms with Crippen molar-refractivity contribution in [3.05, 3.63) is 48.2 Å². The van der Waals surface area contributed by atoms with E-state index in [1.54, 1.807) is 18.2 Å². The number of nitrogens with zero attached hydrogens (tertiary/aromatic N) is 2. The predicted molar refractivity (Wildman–Crippen MR) is 91.9 cm³/mol. The van der Waals surface area contributed by atoms with Gasteiger partial charge in [0.05, 0.1) is 20.3 Å². The van der Waals surface area contributed by atoms with Gasteiger partial charge in [0, 0.05) is 31.9 Å². The molecule has 2 aromatic rings. The lowest BCUT2D eigenvalue weighted by molar-refractivity contribution is 0.0531. The van der Waals surface area contributed by atoms with E-state index in [0.717, 1.165) is 11.3 Å². The number of pyridine rings is 1. The van der Waals surface area contributed by atoms with Gasteiger partial charge >= 0.3 is 6.03 Å². The zero-order valence-corrected chi connectivity index (χ0v) is 14.1. The molecule has 25 heavy (non-hydrogen) atoms. The van der Waals surface area contributed by atoms with Gasteiger partial charge < -0.3 is 24.4 Å². The zero-order valence-electron chi connectivity index (χ0n) is 14.1. The van der Waals surface area contributed by atoms with E-state index in [1.807, 2.05) is 36.4 Å². The van der Waals surface area contributed by atoms with Gasteiger partial charge in [0.25, 0.3) is 0 Å². The first kappa shape index (κ1) is 17.0. The summed E-state index contributed by atoms with van der Waals surface area (Å²) in [6.07, 6.45) is 1.66. The quantitative estimate of drug-likeness (QED) is 0.903. The van der Waals surface area contributed by atoms with Gasteiger partial charge in [-0.1, -0.05) is 0 Å². The highest BCUT2D eigenvalue weighted by atomic mass is 16.5. The Morgan fingerprint density at radius 3 is 2.64 bits per heavy atom. The van der Waals surface area contributed by atoms with Crippen LogP contribution in [-0.4, -0.2) is 49.3 Å². The number of hydrogen-bond donors (Lipinski definition) is 1. The third-order valence-electron chi connectivity index (χ3n) is 3.82. The van der Waals surface area contributed by atoms with E-state index in [0.29, 0.717) is 44.5 Å². The Labute approximate surface area is 146 Å². The summed E-state index contributed by atoms with van der Waals surface area (Å²) in [4.78, 5) is 18.1. The van der Waals surface area contributed by atoms with Crippen molar-refractivity contribution in [2.75, 3.05) is 33.4 Å². The van der Waals surface area contributed by atoms with E-state index < -0.39 is 0 Å². The largest absolute Gasteiger partial charge is 0.497 e. The van der Waals surface area contributed by atoms with Crippen LogP contribution in [0.3, 0.4) is 0 Å². The average molecular weight is 343 g/mol. The number of carbonyl (C=O) groups excluding carboxylic acids is 1. The Hall–Kier alpha value is -2.80. The number of rotatable bonds is 5. The van der Waals surface area contributed by atoms with Crippen molar-refractivity contribution >= 4 is 6.03 Å². The van der Waals surface area contributed by atoms with Crippen LogP contribution in [0.1, 0.15) is 5.56 Å². The van der Waals surface area contributed by atoms with Crippen LogP contribution in [0.15, 0.2) is 42.6 Å². The number of morpholine rings is 1. The number of methoxy groups -OCH3 is 1. The summed E-state index contributed by atoms with van der Waals surface area (Å²) in [6.45, 7) is 2.82. The van der Waals surface area contributed by atoms with Gasteiger partial charge in [0.15, 0.2) is 0 Å². The van der Waals surface area contributed by atoms with Crippen LogP contribution < -0.4 is 14.8 Å². The third kappa shape index (κ3) is 4.84. The van der Waals surface area contributed by atoms with Crippen LogP contribution in [0.2, 0.25) is 0 Å². The molecule has 1 aliphatic rings. The van der Waals surface area contributed by atoms with Gasteiger partial charge in [-0.15, -0.1) is 0 Å². The SMILES string of the molecule is COc1ccc(Oc2cc(CNC(=O)N3CCOCC3)ccn2)cc1. The van der Waals surface area contributed by atoms with Gasteiger partial charge in [-0.2, -0.15) is 0 Å². The summed E-state index contributed by atoms with van der Waals surface area (Å²) in [7, 11) is 1.62. The smallest absolute Gasteiger partial charge is 0.317 e. The summed E-state index contributed by atoms with van der Waals surface area (Å²) in [5, 5.41) is 2.91. The van der Waals surface area contributed by atoms with Gasteiger partial charge in [-0.05, 0) is 35.9 Å². The monoisotopic (exact) mass is 343 g/mol. The van der Waals surface area contributed by atoms with E-state index >= 15 is 0 Å². The lowest BCUT2D eigenvalue weighted by Gasteiger charge is -2.26. The Morgan fingerprint density at radius 2 is 1.92 bits per heavy atom. The van der Waals surface area contributed by atoms with E-state index in [9.17, 15) is 4.79 Å². The van der Waals surface area contributed by atoms with Gasteiger partial charge in [0.2, 0.25) is 5.88 Å². The van der Waals surface area contributed by atoms with Crippen molar-refractivity contribution in [2.45, 2.75) is 6.54 Å². The molecule has 7 nitrogen and oxygen atoms in total. The zero-order chi connectivity index (χ0) is 17.5. The fourth-order valence-electron chi connectivity index (χ4n) is 2.44. The summed E-state index contributed by atoms with van der Waals surface area (Å²) in [6, 6.07) is 10.8. The van der Waals surface area contributed by atoms with Crippen LogP contribution in [0.25, 0.3) is 0 Å². The first-order valence-corrected chi connectivity index (χ1v) is 8.12. The fourth-order valence-corrected chi connectivity index (χ4v) is 2.44. The van der Waals surface area contributed by atoms with Crippen molar-refractivity contribution in [2.24, 2.45) is 0 Å². The predicted octanol–water partition coefficient (Wildman–Crippen LogP) is 2.42. The Morgan fingerprint density at radius 1 is 1.20 bits per heavy atom. The first-order valence-electron chi connectivity index (χ1n) is 8.12. The number of benzene rings is 1. The van der Waals surface area contributed by atoms with Crippen molar-refractivity contribution in [3.63, 3.8) is 0 Å². The molecule has 132 valence electrons. The molecule has 3 rings (SSSR count). The molecule has 1 saturated heterocycles. The molecule has 7 heteroatoms. The molecule has 0 atom stereocenters. The van der Waals surface area contributed by atoms with Crippen molar-refractivity contribution < 1.29 is 19.0 Å². The third-order valence-corrected chi connectivity index (χ3v) is 3.82. The molecule has 1 N–H and O–H groups in total. The number of hydrogen-bond acceptors (Lipinski definition) is 5. The molecule has 0 bridgehead atoms. The fraction of sp³-hybridized carbons (Fsp3) is 0.333. The van der Waals surface area contributed by atoms with Crippen molar-refractivity contribution in [1.29, 1.82) is 0 Å². The molecule has 0 aliphatic carbocycles. The molecule has 1 fully saturated rings. The average Bonchev–Trinajstić information content (AvgIpc) is 2.68. The minimum Gasteiger partial charge on any atom is -0.497 e. The van der Waals surface area contributed by atoms with Crippen LogP contribution in [0, 0.1) is 0 Å². The first-order chi connectivity index (χ1) is 12.2. The highest BCUT2D eigenvalue weighted by molar-refractivity contribution is 5.74. The van der Waals surface area contributed by atoms with E-state index in [-0.39, 0.29) is 6.03 Å². The second-order valence-corrected chi connectivity index (χ2v) is 5.54. The highest BCUT2D eigenvalue weighted by Crippen LogP contribution is 2.22. The number of nitrogens with one attached hydrogen (secondary N) is 1. The standard InChI is InChI=1S/C18H21N3O4/c1-23-15-2-4-16(5-3-15)25-17-12-14(6-7-19-17)13-20-18(22)21-8-10-24-11-9-21/h2-7,12H,8-11,13H2,1H3,(H,20,22). The molecule has 0 radical (unpaired) electrons. The molecule has 2 heterocycles. The molecule has 1 aromatic carbocycles. The molecule has 2 amide bonds. The number of urea groups is 1. The lowest BCUT2D eigenvalue weighted by atomic mass is 10.2. The number of amides is 2. The maximum atomic E-state index is 12.1.